The topological polar surface area (TPSA) is 65.7 Å². The van der Waals surface area contributed by atoms with Crippen LogP contribution in [-0.4, -0.2) is 13.1 Å². The van der Waals surface area contributed by atoms with E-state index < -0.39 is 11.6 Å². The van der Waals surface area contributed by atoms with E-state index in [-0.39, 0.29) is 0 Å². The minimum Gasteiger partial charge on any atom is -0.496 e. The van der Waals surface area contributed by atoms with Gasteiger partial charge >= 0.3 is 11.6 Å². The number of aryl methyl sites for hydroxylation is 1. The molecule has 5 heteroatoms. The molecule has 0 fully saturated rings. The predicted octanol–water partition coefficient (Wildman–Crippen LogP) is 3.73. The van der Waals surface area contributed by atoms with Crippen molar-refractivity contribution in [2.24, 2.45) is 0 Å². The summed E-state index contributed by atoms with van der Waals surface area (Å²) in [5.41, 5.74) is 1.51. The second kappa shape index (κ2) is 7.05. The van der Waals surface area contributed by atoms with Crippen molar-refractivity contribution in [1.29, 1.82) is 0 Å². The molecule has 0 unspecified atom stereocenters. The molecule has 0 bridgehead atoms. The van der Waals surface area contributed by atoms with Crippen molar-refractivity contribution < 1.29 is 18.7 Å². The van der Waals surface area contributed by atoms with Crippen LogP contribution in [0.3, 0.4) is 0 Å². The number of para-hydroxylation sites is 1. The second-order valence-corrected chi connectivity index (χ2v) is 5.40. The Morgan fingerprint density at radius 1 is 1.12 bits per heavy atom. The fourth-order valence-electron chi connectivity index (χ4n) is 2.48. The van der Waals surface area contributed by atoms with Crippen LogP contribution < -0.4 is 15.1 Å². The molecule has 3 rings (SSSR count). The molecular formula is C20H16O5. The lowest BCUT2D eigenvalue weighted by molar-refractivity contribution is -0.128. The molecule has 0 aliphatic carbocycles. The third-order valence-electron chi connectivity index (χ3n) is 3.68. The smallest absolute Gasteiger partial charge is 0.336 e. The fourth-order valence-corrected chi connectivity index (χ4v) is 2.48. The average Bonchev–Trinajstić information content (AvgIpc) is 2.59. The normalized spacial score (nSPS) is 11.0. The summed E-state index contributed by atoms with van der Waals surface area (Å²) in [6, 6.07) is 13.7. The third-order valence-corrected chi connectivity index (χ3v) is 3.68. The second-order valence-electron chi connectivity index (χ2n) is 5.40. The van der Waals surface area contributed by atoms with Gasteiger partial charge in [-0.05, 0) is 36.8 Å². The first-order chi connectivity index (χ1) is 12.1. The maximum atomic E-state index is 12.0. The number of fused-ring (bicyclic) bond motifs is 1. The molecule has 0 aliphatic rings. The van der Waals surface area contributed by atoms with Crippen LogP contribution in [0.2, 0.25) is 0 Å². The molecule has 0 N–H and O–H groups in total. The number of carbonyl (C=O) groups is 1. The van der Waals surface area contributed by atoms with Crippen LogP contribution in [0.5, 0.6) is 11.5 Å². The third kappa shape index (κ3) is 3.77. The summed E-state index contributed by atoms with van der Waals surface area (Å²) in [7, 11) is 1.57. The number of esters is 1. The van der Waals surface area contributed by atoms with E-state index in [4.69, 9.17) is 13.9 Å². The molecule has 0 saturated heterocycles. The Morgan fingerprint density at radius 3 is 2.72 bits per heavy atom. The maximum absolute atomic E-state index is 12.0. The highest BCUT2D eigenvalue weighted by molar-refractivity contribution is 5.90. The van der Waals surface area contributed by atoms with Gasteiger partial charge in [-0.3, -0.25) is 0 Å². The van der Waals surface area contributed by atoms with Gasteiger partial charge in [0.2, 0.25) is 0 Å². The molecular weight excluding hydrogens is 320 g/mol. The monoisotopic (exact) mass is 336 g/mol. The van der Waals surface area contributed by atoms with E-state index in [2.05, 4.69) is 0 Å². The molecule has 126 valence electrons. The van der Waals surface area contributed by atoms with Crippen LogP contribution in [0, 0.1) is 6.92 Å². The molecule has 0 atom stereocenters. The Bertz CT molecular complexity index is 1010. The fraction of sp³-hybridized carbons (Fsp3) is 0.100. The molecule has 3 aromatic rings. The van der Waals surface area contributed by atoms with Crippen molar-refractivity contribution in [1.82, 2.24) is 0 Å². The van der Waals surface area contributed by atoms with Crippen LogP contribution in [0.1, 0.15) is 11.1 Å². The standard InChI is InChI=1S/C20H16O5/c1-13-11-20(22)25-18-12-15(8-9-16(13)18)24-19(21)10-7-14-5-3-4-6-17(14)23-2/h3-12H,1-2H3. The number of carbonyl (C=O) groups excluding carboxylic acids is 1. The number of ether oxygens (including phenoxy) is 2. The van der Waals surface area contributed by atoms with Crippen LogP contribution in [0.15, 0.2) is 63.8 Å². The van der Waals surface area contributed by atoms with Gasteiger partial charge in [-0.2, -0.15) is 0 Å². The molecule has 5 nitrogen and oxygen atoms in total. The Morgan fingerprint density at radius 2 is 1.92 bits per heavy atom. The Labute approximate surface area is 144 Å². The van der Waals surface area contributed by atoms with Gasteiger partial charge in [-0.25, -0.2) is 9.59 Å². The van der Waals surface area contributed by atoms with Gasteiger partial charge in [0.15, 0.2) is 0 Å². The zero-order valence-electron chi connectivity index (χ0n) is 13.8. The summed E-state index contributed by atoms with van der Waals surface area (Å²) in [6.45, 7) is 1.82. The molecule has 0 spiro atoms. The van der Waals surface area contributed by atoms with Crippen LogP contribution in [0.25, 0.3) is 17.0 Å². The number of hydrogen-bond acceptors (Lipinski definition) is 5. The molecule has 0 amide bonds. The Kier molecular flexibility index (Phi) is 4.66. The zero-order chi connectivity index (χ0) is 17.8. The minimum absolute atomic E-state index is 0.302. The maximum Gasteiger partial charge on any atom is 0.336 e. The van der Waals surface area contributed by atoms with Crippen molar-refractivity contribution in [3.63, 3.8) is 0 Å². The SMILES string of the molecule is COc1ccccc1C=CC(=O)Oc1ccc2c(C)cc(=O)oc2c1. The van der Waals surface area contributed by atoms with Gasteiger partial charge in [-0.1, -0.05) is 18.2 Å². The number of rotatable bonds is 4. The first-order valence-electron chi connectivity index (χ1n) is 7.64. The summed E-state index contributed by atoms with van der Waals surface area (Å²) < 4.78 is 15.6. The lowest BCUT2D eigenvalue weighted by atomic mass is 10.1. The lowest BCUT2D eigenvalue weighted by Crippen LogP contribution is -2.04. The lowest BCUT2D eigenvalue weighted by Gasteiger charge is -2.05. The van der Waals surface area contributed by atoms with Gasteiger partial charge in [0, 0.05) is 29.2 Å². The highest BCUT2D eigenvalue weighted by Gasteiger charge is 2.07. The van der Waals surface area contributed by atoms with Crippen molar-refractivity contribution in [2.45, 2.75) is 6.92 Å². The van der Waals surface area contributed by atoms with Gasteiger partial charge < -0.3 is 13.9 Å². The molecule has 0 aliphatic heterocycles. The number of methoxy groups -OCH3 is 1. The van der Waals surface area contributed by atoms with E-state index in [9.17, 15) is 9.59 Å². The van der Waals surface area contributed by atoms with E-state index in [0.717, 1.165) is 16.5 Å². The molecule has 1 heterocycles. The van der Waals surface area contributed by atoms with Crippen molar-refractivity contribution >= 4 is 23.0 Å². The van der Waals surface area contributed by atoms with E-state index >= 15 is 0 Å². The van der Waals surface area contributed by atoms with Crippen LogP contribution in [0.4, 0.5) is 0 Å². The van der Waals surface area contributed by atoms with Crippen molar-refractivity contribution in [3.05, 3.63) is 76.2 Å². The summed E-state index contributed by atoms with van der Waals surface area (Å²) in [5.74, 6) is 0.422. The summed E-state index contributed by atoms with van der Waals surface area (Å²) in [4.78, 5) is 23.5. The van der Waals surface area contributed by atoms with E-state index in [1.165, 1.54) is 18.2 Å². The number of benzene rings is 2. The van der Waals surface area contributed by atoms with Crippen molar-refractivity contribution in [2.75, 3.05) is 7.11 Å². The average molecular weight is 336 g/mol. The molecule has 0 saturated carbocycles. The van der Waals surface area contributed by atoms with Gasteiger partial charge in [0.1, 0.15) is 17.1 Å². The molecule has 2 aromatic carbocycles. The summed E-state index contributed by atoms with van der Waals surface area (Å²) in [6.07, 6.45) is 2.93. The first kappa shape index (κ1) is 16.5. The highest BCUT2D eigenvalue weighted by atomic mass is 16.5. The summed E-state index contributed by atoms with van der Waals surface area (Å²) >= 11 is 0. The van der Waals surface area contributed by atoms with E-state index in [1.54, 1.807) is 31.4 Å². The quantitative estimate of drug-likeness (QED) is 0.314. The molecule has 25 heavy (non-hydrogen) atoms. The number of hydrogen-bond donors (Lipinski definition) is 0. The van der Waals surface area contributed by atoms with Gasteiger partial charge in [0.05, 0.1) is 7.11 Å². The van der Waals surface area contributed by atoms with Crippen LogP contribution in [-0.2, 0) is 4.79 Å². The van der Waals surface area contributed by atoms with Gasteiger partial charge in [0.25, 0.3) is 0 Å². The Balaban J connectivity index is 1.80. The molecule has 1 aromatic heterocycles. The van der Waals surface area contributed by atoms with Gasteiger partial charge in [-0.15, -0.1) is 0 Å². The Hall–Kier alpha value is -3.34. The van der Waals surface area contributed by atoms with E-state index in [1.807, 2.05) is 25.1 Å². The van der Waals surface area contributed by atoms with E-state index in [0.29, 0.717) is 17.1 Å². The van der Waals surface area contributed by atoms with Crippen LogP contribution >= 0.6 is 0 Å². The highest BCUT2D eigenvalue weighted by Crippen LogP contribution is 2.23. The largest absolute Gasteiger partial charge is 0.496 e. The minimum atomic E-state index is -0.541. The predicted molar refractivity (Wildman–Crippen MR) is 94.9 cm³/mol. The van der Waals surface area contributed by atoms with Crippen molar-refractivity contribution in [3.8, 4) is 11.5 Å². The molecule has 0 radical (unpaired) electrons. The summed E-state index contributed by atoms with van der Waals surface area (Å²) in [5, 5.41) is 0.795. The first-order valence-corrected chi connectivity index (χ1v) is 7.64. The zero-order valence-corrected chi connectivity index (χ0v) is 13.8.